The molecule has 0 radical (unpaired) electrons. The maximum atomic E-state index is 3.49. The van der Waals surface area contributed by atoms with Gasteiger partial charge in [0.25, 0.3) is 0 Å². The molecule has 1 atom stereocenters. The molecule has 0 spiro atoms. The molecular weight excluding hydrogens is 136 g/mol. The van der Waals surface area contributed by atoms with E-state index in [1.165, 1.54) is 19.5 Å². The van der Waals surface area contributed by atoms with E-state index in [9.17, 15) is 0 Å². The minimum absolute atomic E-state index is 0.504. The Labute approximate surface area is 69.8 Å². The summed E-state index contributed by atoms with van der Waals surface area (Å²) in [5, 5.41) is 6.88. The highest BCUT2D eigenvalue weighted by Crippen LogP contribution is 2.22. The molecule has 1 saturated heterocycles. The summed E-state index contributed by atoms with van der Waals surface area (Å²) in [5.74, 6) is 0. The highest BCUT2D eigenvalue weighted by molar-refractivity contribution is 4.85. The van der Waals surface area contributed by atoms with Crippen molar-refractivity contribution in [3.8, 4) is 0 Å². The first-order valence-electron chi connectivity index (χ1n) is 4.56. The Kier molecular flexibility index (Phi) is 2.90. The number of hydrogen-bond acceptors (Lipinski definition) is 2. The van der Waals surface area contributed by atoms with E-state index in [0.29, 0.717) is 11.5 Å². The second-order valence-corrected chi connectivity index (χ2v) is 4.27. The molecule has 1 aliphatic heterocycles. The lowest BCUT2D eigenvalue weighted by Crippen LogP contribution is -2.36. The molecular formula is C9H20N2. The largest absolute Gasteiger partial charge is 0.316 e. The maximum absolute atomic E-state index is 3.49. The molecule has 2 heteroatoms. The normalized spacial score (nSPS) is 31.6. The molecule has 1 aliphatic rings. The molecule has 0 aromatic carbocycles. The van der Waals surface area contributed by atoms with Crippen LogP contribution in [0.2, 0.25) is 0 Å². The van der Waals surface area contributed by atoms with Crippen LogP contribution in [0.5, 0.6) is 0 Å². The summed E-state index contributed by atoms with van der Waals surface area (Å²) in [7, 11) is 0. The predicted octanol–water partition coefficient (Wildman–Crippen LogP) is 0.984. The molecule has 1 unspecified atom stereocenters. The van der Waals surface area contributed by atoms with Crippen LogP contribution < -0.4 is 10.6 Å². The molecule has 1 fully saturated rings. The Bertz CT molecular complexity index is 115. The molecule has 0 aromatic rings. The fraction of sp³-hybridized carbons (Fsp3) is 1.00. The lowest BCUT2D eigenvalue weighted by Gasteiger charge is -2.24. The molecule has 1 heterocycles. The van der Waals surface area contributed by atoms with Crippen molar-refractivity contribution in [3.63, 3.8) is 0 Å². The van der Waals surface area contributed by atoms with Crippen molar-refractivity contribution in [1.82, 2.24) is 10.6 Å². The molecule has 0 aliphatic carbocycles. The monoisotopic (exact) mass is 156 g/mol. The van der Waals surface area contributed by atoms with E-state index in [-0.39, 0.29) is 0 Å². The van der Waals surface area contributed by atoms with Crippen LogP contribution in [-0.4, -0.2) is 25.7 Å². The van der Waals surface area contributed by atoms with Crippen LogP contribution in [0.1, 0.15) is 27.2 Å². The van der Waals surface area contributed by atoms with Gasteiger partial charge in [-0.2, -0.15) is 0 Å². The van der Waals surface area contributed by atoms with Crippen LogP contribution in [-0.2, 0) is 0 Å². The van der Waals surface area contributed by atoms with Gasteiger partial charge in [0.1, 0.15) is 0 Å². The van der Waals surface area contributed by atoms with Crippen LogP contribution >= 0.6 is 0 Å². The van der Waals surface area contributed by atoms with Gasteiger partial charge in [0.2, 0.25) is 0 Å². The van der Waals surface area contributed by atoms with Crippen LogP contribution in [0.15, 0.2) is 0 Å². The van der Waals surface area contributed by atoms with E-state index in [1.807, 2.05) is 0 Å². The summed E-state index contributed by atoms with van der Waals surface area (Å²) < 4.78 is 0. The van der Waals surface area contributed by atoms with Gasteiger partial charge < -0.3 is 10.6 Å². The maximum Gasteiger partial charge on any atom is 0.00202 e. The number of nitrogens with one attached hydrogen (secondary N) is 2. The van der Waals surface area contributed by atoms with Gasteiger partial charge in [0.15, 0.2) is 0 Å². The Balaban J connectivity index is 2.23. The SMILES string of the molecule is CC(C)NCC1(C)CCNC1. The third-order valence-electron chi connectivity index (χ3n) is 2.39. The van der Waals surface area contributed by atoms with Gasteiger partial charge in [0.05, 0.1) is 0 Å². The van der Waals surface area contributed by atoms with Crippen molar-refractivity contribution in [2.45, 2.75) is 33.2 Å². The van der Waals surface area contributed by atoms with Gasteiger partial charge in [-0.25, -0.2) is 0 Å². The first-order chi connectivity index (χ1) is 5.12. The summed E-state index contributed by atoms with van der Waals surface area (Å²) in [5.41, 5.74) is 0.504. The molecule has 2 N–H and O–H groups in total. The van der Waals surface area contributed by atoms with E-state index >= 15 is 0 Å². The average Bonchev–Trinajstić information content (AvgIpc) is 2.33. The smallest absolute Gasteiger partial charge is 0.00202 e. The van der Waals surface area contributed by atoms with Crippen LogP contribution in [0, 0.1) is 5.41 Å². The van der Waals surface area contributed by atoms with Crippen molar-refractivity contribution < 1.29 is 0 Å². The Hall–Kier alpha value is -0.0800. The standard InChI is InChI=1S/C9H20N2/c1-8(2)11-7-9(3)4-5-10-6-9/h8,10-11H,4-7H2,1-3H3. The van der Waals surface area contributed by atoms with Gasteiger partial charge in [-0.05, 0) is 18.4 Å². The second kappa shape index (κ2) is 3.55. The zero-order valence-corrected chi connectivity index (χ0v) is 7.91. The third-order valence-corrected chi connectivity index (χ3v) is 2.39. The fourth-order valence-corrected chi connectivity index (χ4v) is 1.47. The summed E-state index contributed by atoms with van der Waals surface area (Å²) in [6.07, 6.45) is 1.31. The van der Waals surface area contributed by atoms with Crippen molar-refractivity contribution in [2.24, 2.45) is 5.41 Å². The van der Waals surface area contributed by atoms with Crippen molar-refractivity contribution >= 4 is 0 Å². The van der Waals surface area contributed by atoms with E-state index < -0.39 is 0 Å². The topological polar surface area (TPSA) is 24.1 Å². The zero-order chi connectivity index (χ0) is 8.32. The van der Waals surface area contributed by atoms with Gasteiger partial charge in [-0.1, -0.05) is 20.8 Å². The number of hydrogen-bond donors (Lipinski definition) is 2. The quantitative estimate of drug-likeness (QED) is 0.636. The first kappa shape index (κ1) is 9.01. The Morgan fingerprint density at radius 1 is 1.55 bits per heavy atom. The Morgan fingerprint density at radius 3 is 2.73 bits per heavy atom. The van der Waals surface area contributed by atoms with E-state index in [4.69, 9.17) is 0 Å². The van der Waals surface area contributed by atoms with Crippen molar-refractivity contribution in [3.05, 3.63) is 0 Å². The highest BCUT2D eigenvalue weighted by atomic mass is 15.0. The second-order valence-electron chi connectivity index (χ2n) is 4.27. The summed E-state index contributed by atoms with van der Waals surface area (Å²) in [4.78, 5) is 0. The molecule has 11 heavy (non-hydrogen) atoms. The fourth-order valence-electron chi connectivity index (χ4n) is 1.47. The average molecular weight is 156 g/mol. The predicted molar refractivity (Wildman–Crippen MR) is 48.7 cm³/mol. The van der Waals surface area contributed by atoms with E-state index in [0.717, 1.165) is 6.54 Å². The zero-order valence-electron chi connectivity index (χ0n) is 7.91. The van der Waals surface area contributed by atoms with Crippen LogP contribution in [0.25, 0.3) is 0 Å². The molecule has 0 aromatic heterocycles. The van der Waals surface area contributed by atoms with Crippen molar-refractivity contribution in [2.75, 3.05) is 19.6 Å². The molecule has 0 saturated carbocycles. The van der Waals surface area contributed by atoms with Gasteiger partial charge in [0, 0.05) is 19.1 Å². The lowest BCUT2D eigenvalue weighted by molar-refractivity contribution is 0.327. The minimum Gasteiger partial charge on any atom is -0.316 e. The van der Waals surface area contributed by atoms with E-state index in [1.54, 1.807) is 0 Å². The summed E-state index contributed by atoms with van der Waals surface area (Å²) in [6.45, 7) is 10.3. The minimum atomic E-state index is 0.504. The molecule has 0 bridgehead atoms. The van der Waals surface area contributed by atoms with Crippen LogP contribution in [0.4, 0.5) is 0 Å². The summed E-state index contributed by atoms with van der Waals surface area (Å²) in [6, 6.07) is 0.618. The first-order valence-corrected chi connectivity index (χ1v) is 4.56. The van der Waals surface area contributed by atoms with Gasteiger partial charge in [-0.3, -0.25) is 0 Å². The van der Waals surface area contributed by atoms with Crippen LogP contribution in [0.3, 0.4) is 0 Å². The van der Waals surface area contributed by atoms with Crippen molar-refractivity contribution in [1.29, 1.82) is 0 Å². The van der Waals surface area contributed by atoms with E-state index in [2.05, 4.69) is 31.4 Å². The van der Waals surface area contributed by atoms with Gasteiger partial charge >= 0.3 is 0 Å². The number of rotatable bonds is 3. The van der Waals surface area contributed by atoms with Gasteiger partial charge in [-0.15, -0.1) is 0 Å². The summed E-state index contributed by atoms with van der Waals surface area (Å²) >= 11 is 0. The highest BCUT2D eigenvalue weighted by Gasteiger charge is 2.27. The Morgan fingerprint density at radius 2 is 2.27 bits per heavy atom. The molecule has 1 rings (SSSR count). The molecule has 2 nitrogen and oxygen atoms in total. The molecule has 66 valence electrons. The molecule has 0 amide bonds. The lowest BCUT2D eigenvalue weighted by atomic mass is 9.90. The third kappa shape index (κ3) is 2.80.